The van der Waals surface area contributed by atoms with Crippen molar-refractivity contribution in [2.24, 2.45) is 0 Å². The fourth-order valence-corrected chi connectivity index (χ4v) is 1.32. The molecule has 0 saturated carbocycles. The van der Waals surface area contributed by atoms with Gasteiger partial charge in [-0.05, 0) is 45.0 Å². The molecule has 0 radical (unpaired) electrons. The Morgan fingerprint density at radius 1 is 1.35 bits per heavy atom. The van der Waals surface area contributed by atoms with Crippen molar-refractivity contribution < 1.29 is 23.8 Å². The number of aliphatic carboxylic acids is 1. The number of halogens is 1. The molecule has 0 atom stereocenters. The first-order valence-electron chi connectivity index (χ1n) is 5.88. The Morgan fingerprint density at radius 2 is 2.00 bits per heavy atom. The number of benzene rings is 1. The van der Waals surface area contributed by atoms with Crippen LogP contribution in [0.25, 0.3) is 6.08 Å². The summed E-state index contributed by atoms with van der Waals surface area (Å²) in [5.74, 6) is -1.81. The number of carbonyl (C=O) groups is 2. The maximum Gasteiger partial charge on any atom is 0.412 e. The number of ether oxygens (including phenoxy) is 1. The van der Waals surface area contributed by atoms with E-state index >= 15 is 0 Å². The van der Waals surface area contributed by atoms with Crippen LogP contribution in [-0.2, 0) is 9.53 Å². The number of carboxylic acid groups (broad SMARTS) is 1. The van der Waals surface area contributed by atoms with Gasteiger partial charge in [-0.2, -0.15) is 0 Å². The maximum absolute atomic E-state index is 13.7. The van der Waals surface area contributed by atoms with E-state index in [2.05, 4.69) is 5.32 Å². The Labute approximate surface area is 116 Å². The van der Waals surface area contributed by atoms with Crippen LogP contribution in [0.3, 0.4) is 0 Å². The molecule has 0 aliphatic heterocycles. The number of hydrogen-bond acceptors (Lipinski definition) is 3. The summed E-state index contributed by atoms with van der Waals surface area (Å²) in [6.07, 6.45) is 1.28. The molecule has 0 saturated heterocycles. The number of rotatable bonds is 3. The molecule has 1 aromatic carbocycles. The van der Waals surface area contributed by atoms with Gasteiger partial charge >= 0.3 is 12.1 Å². The van der Waals surface area contributed by atoms with E-state index in [1.165, 1.54) is 12.1 Å². The summed E-state index contributed by atoms with van der Waals surface area (Å²) >= 11 is 0. The van der Waals surface area contributed by atoms with E-state index < -0.39 is 23.5 Å². The van der Waals surface area contributed by atoms with Gasteiger partial charge in [0.15, 0.2) is 0 Å². The molecule has 20 heavy (non-hydrogen) atoms. The lowest BCUT2D eigenvalue weighted by Crippen LogP contribution is -2.27. The molecule has 108 valence electrons. The molecule has 0 aliphatic rings. The van der Waals surface area contributed by atoms with Crippen molar-refractivity contribution in [1.82, 2.24) is 0 Å². The molecule has 0 aliphatic carbocycles. The predicted molar refractivity (Wildman–Crippen MR) is 72.9 cm³/mol. The molecule has 5 nitrogen and oxygen atoms in total. The van der Waals surface area contributed by atoms with Gasteiger partial charge in [0.25, 0.3) is 0 Å². The highest BCUT2D eigenvalue weighted by atomic mass is 19.1. The number of carbonyl (C=O) groups excluding carboxylic acids is 1. The summed E-state index contributed by atoms with van der Waals surface area (Å²) in [5.41, 5.74) is -0.307. The molecule has 1 amide bonds. The Balaban J connectivity index is 2.78. The van der Waals surface area contributed by atoms with Crippen molar-refractivity contribution in [3.05, 3.63) is 35.7 Å². The van der Waals surface area contributed by atoms with Crippen LogP contribution in [0.15, 0.2) is 24.3 Å². The first kappa shape index (κ1) is 15.7. The molecular formula is C14H16FNO4. The molecule has 0 fully saturated rings. The molecule has 0 unspecified atom stereocenters. The van der Waals surface area contributed by atoms with Crippen molar-refractivity contribution in [1.29, 1.82) is 0 Å². The number of carboxylic acids is 1. The average molecular weight is 281 g/mol. The number of anilines is 1. The third-order valence-electron chi connectivity index (χ3n) is 2.05. The maximum atomic E-state index is 13.7. The Kier molecular flexibility index (Phi) is 4.85. The summed E-state index contributed by atoms with van der Waals surface area (Å²) in [6.45, 7) is 5.15. The molecule has 0 spiro atoms. The van der Waals surface area contributed by atoms with E-state index in [0.717, 1.165) is 18.2 Å². The Bertz CT molecular complexity index is 547. The van der Waals surface area contributed by atoms with Crippen LogP contribution in [0, 0.1) is 5.82 Å². The average Bonchev–Trinajstić information content (AvgIpc) is 2.24. The molecule has 2 N–H and O–H groups in total. The van der Waals surface area contributed by atoms with Crippen LogP contribution in [-0.4, -0.2) is 22.8 Å². The fraction of sp³-hybridized carbons (Fsp3) is 0.286. The lowest BCUT2D eigenvalue weighted by Gasteiger charge is -2.19. The second-order valence-corrected chi connectivity index (χ2v) is 5.03. The number of amides is 1. The largest absolute Gasteiger partial charge is 0.478 e. The van der Waals surface area contributed by atoms with Gasteiger partial charge in [-0.3, -0.25) is 5.32 Å². The molecular weight excluding hydrogens is 265 g/mol. The molecule has 1 aromatic rings. The van der Waals surface area contributed by atoms with Crippen LogP contribution in [0.5, 0.6) is 0 Å². The molecule has 0 bridgehead atoms. The molecule has 1 rings (SSSR count). The summed E-state index contributed by atoms with van der Waals surface area (Å²) in [7, 11) is 0. The van der Waals surface area contributed by atoms with E-state index in [1.807, 2.05) is 0 Å². The summed E-state index contributed by atoms with van der Waals surface area (Å²) in [4.78, 5) is 21.8. The smallest absolute Gasteiger partial charge is 0.412 e. The van der Waals surface area contributed by atoms with Crippen LogP contribution < -0.4 is 5.32 Å². The summed E-state index contributed by atoms with van der Waals surface area (Å²) in [5, 5.41) is 10.9. The van der Waals surface area contributed by atoms with Crippen molar-refractivity contribution in [2.75, 3.05) is 5.32 Å². The van der Waals surface area contributed by atoms with E-state index in [1.54, 1.807) is 20.8 Å². The molecule has 6 heteroatoms. The van der Waals surface area contributed by atoms with E-state index in [4.69, 9.17) is 9.84 Å². The summed E-state index contributed by atoms with van der Waals surface area (Å²) < 4.78 is 18.7. The zero-order valence-electron chi connectivity index (χ0n) is 11.4. The van der Waals surface area contributed by atoms with Crippen molar-refractivity contribution in [2.45, 2.75) is 26.4 Å². The van der Waals surface area contributed by atoms with Crippen LogP contribution in [0.4, 0.5) is 14.9 Å². The van der Waals surface area contributed by atoms with Crippen molar-refractivity contribution >= 4 is 23.8 Å². The summed E-state index contributed by atoms with van der Waals surface area (Å²) in [6, 6.07) is 3.90. The van der Waals surface area contributed by atoms with Crippen LogP contribution in [0.2, 0.25) is 0 Å². The molecule has 0 heterocycles. The third-order valence-corrected chi connectivity index (χ3v) is 2.05. The topological polar surface area (TPSA) is 75.6 Å². The van der Waals surface area contributed by atoms with Gasteiger partial charge in [0.05, 0.1) is 0 Å². The Morgan fingerprint density at radius 3 is 2.50 bits per heavy atom. The van der Waals surface area contributed by atoms with Crippen LogP contribution >= 0.6 is 0 Å². The first-order chi connectivity index (χ1) is 9.17. The zero-order chi connectivity index (χ0) is 15.3. The van der Waals surface area contributed by atoms with Gasteiger partial charge in [0.1, 0.15) is 11.4 Å². The highest BCUT2D eigenvalue weighted by Crippen LogP contribution is 2.17. The standard InChI is InChI=1S/C14H16FNO4/c1-14(2,3)20-13(19)16-10-6-4-9(11(15)8-10)5-7-12(17)18/h4-8H,1-3H3,(H,16,19)(H,17,18)/b7-5+. The van der Waals surface area contributed by atoms with Gasteiger partial charge < -0.3 is 9.84 Å². The molecule has 0 aromatic heterocycles. The normalized spacial score (nSPS) is 11.4. The second kappa shape index (κ2) is 6.18. The van der Waals surface area contributed by atoms with Crippen molar-refractivity contribution in [3.8, 4) is 0 Å². The highest BCUT2D eigenvalue weighted by Gasteiger charge is 2.16. The lowest BCUT2D eigenvalue weighted by atomic mass is 10.1. The van der Waals surface area contributed by atoms with Crippen LogP contribution in [0.1, 0.15) is 26.3 Å². The SMILES string of the molecule is CC(C)(C)OC(=O)Nc1ccc(/C=C/C(=O)O)c(F)c1. The monoisotopic (exact) mass is 281 g/mol. The minimum absolute atomic E-state index is 0.113. The van der Waals surface area contributed by atoms with E-state index in [0.29, 0.717) is 0 Å². The van der Waals surface area contributed by atoms with Gasteiger partial charge in [0, 0.05) is 17.3 Å². The minimum atomic E-state index is -1.17. The first-order valence-corrected chi connectivity index (χ1v) is 5.88. The number of nitrogens with one attached hydrogen (secondary N) is 1. The highest BCUT2D eigenvalue weighted by molar-refractivity contribution is 5.86. The van der Waals surface area contributed by atoms with Gasteiger partial charge in [-0.15, -0.1) is 0 Å². The zero-order valence-corrected chi connectivity index (χ0v) is 11.4. The lowest BCUT2D eigenvalue weighted by molar-refractivity contribution is -0.131. The third kappa shape index (κ3) is 5.51. The van der Waals surface area contributed by atoms with Crippen molar-refractivity contribution in [3.63, 3.8) is 0 Å². The van der Waals surface area contributed by atoms with E-state index in [-0.39, 0.29) is 11.3 Å². The minimum Gasteiger partial charge on any atom is -0.478 e. The fourth-order valence-electron chi connectivity index (χ4n) is 1.32. The van der Waals surface area contributed by atoms with Gasteiger partial charge in [-0.1, -0.05) is 0 Å². The number of hydrogen-bond donors (Lipinski definition) is 2. The van der Waals surface area contributed by atoms with E-state index in [9.17, 15) is 14.0 Å². The quantitative estimate of drug-likeness (QED) is 0.834. The Hall–Kier alpha value is -2.37. The predicted octanol–water partition coefficient (Wildman–Crippen LogP) is 3.27. The van der Waals surface area contributed by atoms with Gasteiger partial charge in [-0.25, -0.2) is 14.0 Å². The second-order valence-electron chi connectivity index (χ2n) is 5.03. The van der Waals surface area contributed by atoms with Gasteiger partial charge in [0.2, 0.25) is 0 Å².